The van der Waals surface area contributed by atoms with Crippen molar-refractivity contribution in [2.75, 3.05) is 20.2 Å². The molecule has 0 fully saturated rings. The third kappa shape index (κ3) is 15.6. The molecule has 2 unspecified atom stereocenters. The van der Waals surface area contributed by atoms with Crippen LogP contribution >= 0.6 is 0 Å². The van der Waals surface area contributed by atoms with Gasteiger partial charge in [0.1, 0.15) is 0 Å². The summed E-state index contributed by atoms with van der Waals surface area (Å²) >= 11 is 0. The smallest absolute Gasteiger partial charge is 0.305 e. The van der Waals surface area contributed by atoms with Crippen molar-refractivity contribution in [2.24, 2.45) is 5.73 Å². The first kappa shape index (κ1) is 25.4. The fraction of sp³-hybridized carbons (Fsp3) is 0.952. The Kier molecular flexibility index (Phi) is 18.6. The number of nitrogens with two attached hydrogens (primary N) is 1. The molecule has 5 nitrogen and oxygen atoms in total. The molecule has 0 saturated carbocycles. The van der Waals surface area contributed by atoms with E-state index in [1.807, 2.05) is 0 Å². The van der Waals surface area contributed by atoms with Crippen LogP contribution in [0.1, 0.15) is 96.8 Å². The van der Waals surface area contributed by atoms with E-state index in [9.17, 15) is 9.90 Å². The average molecular weight is 373 g/mol. The summed E-state index contributed by atoms with van der Waals surface area (Å²) in [5.41, 5.74) is 5.61. The average Bonchev–Trinajstić information content (AvgIpc) is 2.65. The molecule has 0 radical (unpaired) electrons. The summed E-state index contributed by atoms with van der Waals surface area (Å²) in [6, 6.07) is 0.157. The van der Waals surface area contributed by atoms with Gasteiger partial charge >= 0.3 is 5.97 Å². The van der Waals surface area contributed by atoms with E-state index >= 15 is 0 Å². The van der Waals surface area contributed by atoms with Crippen LogP contribution in [0.25, 0.3) is 0 Å². The van der Waals surface area contributed by atoms with Gasteiger partial charge in [-0.2, -0.15) is 0 Å². The molecule has 26 heavy (non-hydrogen) atoms. The summed E-state index contributed by atoms with van der Waals surface area (Å²) in [4.78, 5) is 11.1. The second kappa shape index (κ2) is 19.1. The Balaban J connectivity index is 3.83. The fourth-order valence-electron chi connectivity index (χ4n) is 3.30. The molecule has 0 aliphatic heterocycles. The number of aliphatic hydroxyl groups excluding tert-OH is 1. The Morgan fingerprint density at radius 3 is 2.15 bits per heavy atom. The zero-order chi connectivity index (χ0) is 19.5. The molecule has 2 atom stereocenters. The fourth-order valence-corrected chi connectivity index (χ4v) is 3.30. The summed E-state index contributed by atoms with van der Waals surface area (Å²) in [7, 11) is 1.44. The Morgan fingerprint density at radius 2 is 1.54 bits per heavy atom. The van der Waals surface area contributed by atoms with Crippen LogP contribution < -0.4 is 11.1 Å². The van der Waals surface area contributed by atoms with Crippen molar-refractivity contribution in [2.45, 2.75) is 109 Å². The molecule has 0 rings (SSSR count). The number of carbonyl (C=O) groups excluding carboxylic acids is 1. The molecule has 0 amide bonds. The molecule has 4 N–H and O–H groups in total. The second-order valence-corrected chi connectivity index (χ2v) is 7.36. The van der Waals surface area contributed by atoms with Crippen LogP contribution in [0.4, 0.5) is 0 Å². The minimum Gasteiger partial charge on any atom is -0.469 e. The highest BCUT2D eigenvalue weighted by Crippen LogP contribution is 2.15. The quantitative estimate of drug-likeness (QED) is 0.236. The zero-order valence-corrected chi connectivity index (χ0v) is 17.3. The normalized spacial score (nSPS) is 13.5. The first-order valence-electron chi connectivity index (χ1n) is 10.8. The van der Waals surface area contributed by atoms with Gasteiger partial charge in [0, 0.05) is 25.6 Å². The molecule has 0 aromatic rings. The van der Waals surface area contributed by atoms with Gasteiger partial charge in [-0.05, 0) is 19.3 Å². The van der Waals surface area contributed by atoms with Gasteiger partial charge in [-0.3, -0.25) is 4.79 Å². The summed E-state index contributed by atoms with van der Waals surface area (Å²) in [5.74, 6) is -0.117. The maximum Gasteiger partial charge on any atom is 0.305 e. The predicted octanol–water partition coefficient (Wildman–Crippen LogP) is 3.92. The summed E-state index contributed by atoms with van der Waals surface area (Å²) in [6.45, 7) is 3.60. The molecule has 156 valence electrons. The SMILES string of the molecule is CCCCCCCCC(O)C(CCCCCCCC(=O)OC)NCCN. The van der Waals surface area contributed by atoms with E-state index in [4.69, 9.17) is 5.73 Å². The van der Waals surface area contributed by atoms with E-state index in [1.165, 1.54) is 39.2 Å². The van der Waals surface area contributed by atoms with Gasteiger partial charge in [-0.1, -0.05) is 71.1 Å². The van der Waals surface area contributed by atoms with Crippen LogP contribution in [-0.2, 0) is 9.53 Å². The number of carbonyl (C=O) groups is 1. The molecule has 0 heterocycles. The third-order valence-electron chi connectivity index (χ3n) is 4.99. The van der Waals surface area contributed by atoms with Crippen molar-refractivity contribution in [1.29, 1.82) is 0 Å². The van der Waals surface area contributed by atoms with Crippen molar-refractivity contribution in [1.82, 2.24) is 5.32 Å². The van der Waals surface area contributed by atoms with E-state index in [2.05, 4.69) is 17.0 Å². The Hall–Kier alpha value is -0.650. The number of hydrogen-bond acceptors (Lipinski definition) is 5. The summed E-state index contributed by atoms with van der Waals surface area (Å²) in [6.07, 6.45) is 15.0. The largest absolute Gasteiger partial charge is 0.469 e. The highest BCUT2D eigenvalue weighted by molar-refractivity contribution is 5.68. The predicted molar refractivity (Wildman–Crippen MR) is 109 cm³/mol. The molecule has 0 aromatic carbocycles. The highest BCUT2D eigenvalue weighted by atomic mass is 16.5. The van der Waals surface area contributed by atoms with Crippen molar-refractivity contribution < 1.29 is 14.6 Å². The van der Waals surface area contributed by atoms with Gasteiger partial charge in [-0.25, -0.2) is 0 Å². The summed E-state index contributed by atoms with van der Waals surface area (Å²) < 4.78 is 4.65. The standard InChI is InChI=1S/C21H44N2O3/c1-3-4-5-6-9-12-15-20(24)19(23-18-17-22)14-11-8-7-10-13-16-21(25)26-2/h19-20,23-24H,3-18,22H2,1-2H3. The molecule has 5 heteroatoms. The number of nitrogens with one attached hydrogen (secondary N) is 1. The maximum absolute atomic E-state index is 11.1. The van der Waals surface area contributed by atoms with Crippen molar-refractivity contribution >= 4 is 5.97 Å². The maximum atomic E-state index is 11.1. The van der Waals surface area contributed by atoms with Crippen LogP contribution in [-0.4, -0.2) is 43.4 Å². The first-order chi connectivity index (χ1) is 12.7. The lowest BCUT2D eigenvalue weighted by Crippen LogP contribution is -2.42. The number of aliphatic hydroxyl groups is 1. The minimum atomic E-state index is -0.271. The number of unbranched alkanes of at least 4 members (excludes halogenated alkanes) is 9. The lowest BCUT2D eigenvalue weighted by molar-refractivity contribution is -0.140. The van der Waals surface area contributed by atoms with Crippen LogP contribution in [0.5, 0.6) is 0 Å². The zero-order valence-electron chi connectivity index (χ0n) is 17.3. The molecule has 0 aliphatic rings. The van der Waals surface area contributed by atoms with E-state index in [1.54, 1.807) is 0 Å². The summed E-state index contributed by atoms with van der Waals surface area (Å²) in [5, 5.41) is 13.9. The topological polar surface area (TPSA) is 84.6 Å². The lowest BCUT2D eigenvalue weighted by Gasteiger charge is -2.24. The van der Waals surface area contributed by atoms with Crippen molar-refractivity contribution in [3.63, 3.8) is 0 Å². The first-order valence-corrected chi connectivity index (χ1v) is 10.8. The van der Waals surface area contributed by atoms with E-state index in [0.29, 0.717) is 13.0 Å². The van der Waals surface area contributed by atoms with Crippen LogP contribution in [0.2, 0.25) is 0 Å². The number of esters is 1. The van der Waals surface area contributed by atoms with Gasteiger partial charge in [0.15, 0.2) is 0 Å². The molecular weight excluding hydrogens is 328 g/mol. The molecule has 0 aromatic heterocycles. The van der Waals surface area contributed by atoms with Crippen LogP contribution in [0.3, 0.4) is 0 Å². The van der Waals surface area contributed by atoms with E-state index in [-0.39, 0.29) is 18.1 Å². The Bertz CT molecular complexity index is 314. The van der Waals surface area contributed by atoms with E-state index in [0.717, 1.165) is 57.9 Å². The number of rotatable bonds is 19. The molecule has 0 bridgehead atoms. The number of ether oxygens (including phenoxy) is 1. The van der Waals surface area contributed by atoms with Crippen molar-refractivity contribution in [3.8, 4) is 0 Å². The molecular formula is C21H44N2O3. The van der Waals surface area contributed by atoms with Gasteiger partial charge in [-0.15, -0.1) is 0 Å². The monoisotopic (exact) mass is 372 g/mol. The minimum absolute atomic E-state index is 0.117. The lowest BCUT2D eigenvalue weighted by atomic mass is 9.97. The molecule has 0 aliphatic carbocycles. The number of hydrogen-bond donors (Lipinski definition) is 3. The third-order valence-corrected chi connectivity index (χ3v) is 4.99. The van der Waals surface area contributed by atoms with Crippen LogP contribution in [0, 0.1) is 0 Å². The van der Waals surface area contributed by atoms with Crippen LogP contribution in [0.15, 0.2) is 0 Å². The number of methoxy groups -OCH3 is 1. The molecule has 0 spiro atoms. The van der Waals surface area contributed by atoms with Gasteiger partial charge in [0.05, 0.1) is 13.2 Å². The molecule has 0 saturated heterocycles. The van der Waals surface area contributed by atoms with Gasteiger partial charge in [0.25, 0.3) is 0 Å². The Morgan fingerprint density at radius 1 is 0.962 bits per heavy atom. The Labute approximate surface area is 161 Å². The van der Waals surface area contributed by atoms with Crippen molar-refractivity contribution in [3.05, 3.63) is 0 Å². The second-order valence-electron chi connectivity index (χ2n) is 7.36. The van der Waals surface area contributed by atoms with Gasteiger partial charge in [0.2, 0.25) is 0 Å². The van der Waals surface area contributed by atoms with E-state index < -0.39 is 0 Å². The van der Waals surface area contributed by atoms with Gasteiger partial charge < -0.3 is 20.9 Å². The highest BCUT2D eigenvalue weighted by Gasteiger charge is 2.17.